The molecule has 2 rings (SSSR count). The molecular formula is C13H10BrN3O. The van der Waals surface area contributed by atoms with Crippen LogP contribution >= 0.6 is 15.9 Å². The van der Waals surface area contributed by atoms with Gasteiger partial charge >= 0.3 is 0 Å². The SMILES string of the molecule is Cc1c(N)cnc(Oc2ccc(C#N)cc2)c1Br. The highest BCUT2D eigenvalue weighted by Crippen LogP contribution is 2.32. The Morgan fingerprint density at radius 3 is 2.61 bits per heavy atom. The van der Waals surface area contributed by atoms with E-state index >= 15 is 0 Å². The third-order valence-electron chi connectivity index (χ3n) is 2.47. The van der Waals surface area contributed by atoms with E-state index in [1.165, 1.54) is 0 Å². The highest BCUT2D eigenvalue weighted by atomic mass is 79.9. The van der Waals surface area contributed by atoms with Crippen molar-refractivity contribution in [1.29, 1.82) is 5.26 Å². The molecule has 1 aromatic heterocycles. The van der Waals surface area contributed by atoms with Gasteiger partial charge in [-0.05, 0) is 52.7 Å². The number of nitriles is 1. The Balaban J connectivity index is 2.29. The maximum absolute atomic E-state index is 8.70. The first kappa shape index (κ1) is 12.4. The Labute approximate surface area is 113 Å². The number of nitrogen functional groups attached to an aromatic ring is 1. The van der Waals surface area contributed by atoms with Gasteiger partial charge in [0, 0.05) is 0 Å². The zero-order chi connectivity index (χ0) is 13.1. The minimum absolute atomic E-state index is 0.450. The second-order valence-electron chi connectivity index (χ2n) is 3.70. The monoisotopic (exact) mass is 303 g/mol. The Morgan fingerprint density at radius 2 is 2.00 bits per heavy atom. The molecule has 0 atom stereocenters. The fourth-order valence-electron chi connectivity index (χ4n) is 1.35. The molecule has 0 aliphatic heterocycles. The second kappa shape index (κ2) is 5.07. The molecule has 2 N–H and O–H groups in total. The zero-order valence-corrected chi connectivity index (χ0v) is 11.2. The number of nitrogens with two attached hydrogens (primary N) is 1. The lowest BCUT2D eigenvalue weighted by Crippen LogP contribution is -1.96. The molecule has 0 saturated carbocycles. The largest absolute Gasteiger partial charge is 0.438 e. The van der Waals surface area contributed by atoms with E-state index in [1.54, 1.807) is 30.5 Å². The van der Waals surface area contributed by atoms with E-state index in [0.717, 1.165) is 10.0 Å². The van der Waals surface area contributed by atoms with E-state index in [1.807, 2.05) is 13.0 Å². The number of ether oxygens (including phenoxy) is 1. The number of pyridine rings is 1. The number of aromatic nitrogens is 1. The first-order valence-electron chi connectivity index (χ1n) is 5.20. The van der Waals surface area contributed by atoms with Gasteiger partial charge in [0.25, 0.3) is 0 Å². The van der Waals surface area contributed by atoms with Crippen LogP contribution in [0.1, 0.15) is 11.1 Å². The minimum atomic E-state index is 0.450. The van der Waals surface area contributed by atoms with Gasteiger partial charge in [-0.15, -0.1) is 0 Å². The molecule has 0 spiro atoms. The number of anilines is 1. The summed E-state index contributed by atoms with van der Waals surface area (Å²) in [4.78, 5) is 4.12. The van der Waals surface area contributed by atoms with Crippen LogP contribution in [0.5, 0.6) is 11.6 Å². The Morgan fingerprint density at radius 1 is 1.33 bits per heavy atom. The summed E-state index contributed by atoms with van der Waals surface area (Å²) in [5.74, 6) is 1.07. The van der Waals surface area contributed by atoms with Crippen molar-refractivity contribution in [2.24, 2.45) is 0 Å². The molecule has 0 saturated heterocycles. The number of rotatable bonds is 2. The number of hydrogen-bond donors (Lipinski definition) is 1. The summed E-state index contributed by atoms with van der Waals surface area (Å²) in [7, 11) is 0. The van der Waals surface area contributed by atoms with Gasteiger partial charge in [-0.25, -0.2) is 4.98 Å². The molecular weight excluding hydrogens is 294 g/mol. The lowest BCUT2D eigenvalue weighted by molar-refractivity contribution is 0.459. The van der Waals surface area contributed by atoms with Crippen molar-refractivity contribution in [3.8, 4) is 17.7 Å². The third-order valence-corrected chi connectivity index (χ3v) is 3.40. The normalized spacial score (nSPS) is 9.83. The highest BCUT2D eigenvalue weighted by molar-refractivity contribution is 9.10. The Kier molecular flexibility index (Phi) is 3.49. The van der Waals surface area contributed by atoms with Crippen molar-refractivity contribution in [2.75, 3.05) is 5.73 Å². The van der Waals surface area contributed by atoms with Crippen molar-refractivity contribution in [1.82, 2.24) is 4.98 Å². The lowest BCUT2D eigenvalue weighted by Gasteiger charge is -2.09. The topological polar surface area (TPSA) is 71.9 Å². The number of nitrogens with zero attached hydrogens (tertiary/aromatic N) is 2. The first-order valence-corrected chi connectivity index (χ1v) is 5.99. The van der Waals surface area contributed by atoms with E-state index in [0.29, 0.717) is 22.9 Å². The maximum Gasteiger partial charge on any atom is 0.233 e. The molecule has 0 amide bonds. The standard InChI is InChI=1S/C13H10BrN3O/c1-8-11(16)7-17-13(12(8)14)18-10-4-2-9(6-15)3-5-10/h2-5,7H,16H2,1H3. The molecule has 2 aromatic rings. The van der Waals surface area contributed by atoms with Crippen LogP contribution in [0.25, 0.3) is 0 Å². The predicted octanol–water partition coefficient (Wildman–Crippen LogP) is 3.40. The summed E-state index contributed by atoms with van der Waals surface area (Å²) in [6, 6.07) is 8.87. The van der Waals surface area contributed by atoms with E-state index in [-0.39, 0.29) is 0 Å². The van der Waals surface area contributed by atoms with Crippen molar-refractivity contribution in [2.45, 2.75) is 6.92 Å². The number of hydrogen-bond acceptors (Lipinski definition) is 4. The minimum Gasteiger partial charge on any atom is -0.438 e. The smallest absolute Gasteiger partial charge is 0.233 e. The van der Waals surface area contributed by atoms with Gasteiger partial charge in [-0.1, -0.05) is 0 Å². The molecule has 1 aromatic carbocycles. The summed E-state index contributed by atoms with van der Waals surface area (Å²) < 4.78 is 6.35. The fourth-order valence-corrected chi connectivity index (χ4v) is 1.76. The summed E-state index contributed by atoms with van der Waals surface area (Å²) >= 11 is 3.40. The van der Waals surface area contributed by atoms with Crippen LogP contribution in [0, 0.1) is 18.3 Å². The van der Waals surface area contributed by atoms with Crippen molar-refractivity contribution in [3.63, 3.8) is 0 Å². The molecule has 0 fully saturated rings. The van der Waals surface area contributed by atoms with Gasteiger partial charge < -0.3 is 10.5 Å². The summed E-state index contributed by atoms with van der Waals surface area (Å²) in [6.45, 7) is 1.88. The van der Waals surface area contributed by atoms with E-state index in [4.69, 9.17) is 15.7 Å². The van der Waals surface area contributed by atoms with Crippen molar-refractivity contribution in [3.05, 3.63) is 46.1 Å². The van der Waals surface area contributed by atoms with Crippen LogP contribution in [-0.4, -0.2) is 4.98 Å². The molecule has 4 nitrogen and oxygen atoms in total. The van der Waals surface area contributed by atoms with E-state index in [9.17, 15) is 0 Å². The molecule has 90 valence electrons. The average molecular weight is 304 g/mol. The first-order chi connectivity index (χ1) is 8.61. The molecule has 0 bridgehead atoms. The number of halogens is 1. The van der Waals surface area contributed by atoms with Crippen molar-refractivity contribution < 1.29 is 4.74 Å². The van der Waals surface area contributed by atoms with Crippen LogP contribution in [0.15, 0.2) is 34.9 Å². The highest BCUT2D eigenvalue weighted by Gasteiger charge is 2.09. The van der Waals surface area contributed by atoms with Crippen molar-refractivity contribution >= 4 is 21.6 Å². The molecule has 5 heteroatoms. The van der Waals surface area contributed by atoms with Crippen LogP contribution in [0.3, 0.4) is 0 Å². The Hall–Kier alpha value is -2.06. The second-order valence-corrected chi connectivity index (χ2v) is 4.49. The summed E-state index contributed by atoms with van der Waals surface area (Å²) in [5, 5.41) is 8.70. The van der Waals surface area contributed by atoms with Gasteiger partial charge in [0.15, 0.2) is 0 Å². The maximum atomic E-state index is 8.70. The predicted molar refractivity (Wildman–Crippen MR) is 72.3 cm³/mol. The Bertz CT molecular complexity index is 617. The zero-order valence-electron chi connectivity index (χ0n) is 9.64. The fraction of sp³-hybridized carbons (Fsp3) is 0.0769. The van der Waals surface area contributed by atoms with Crippen LogP contribution in [0.4, 0.5) is 5.69 Å². The molecule has 18 heavy (non-hydrogen) atoms. The average Bonchev–Trinajstić information content (AvgIpc) is 2.40. The summed E-state index contributed by atoms with van der Waals surface area (Å²) in [6.07, 6.45) is 1.55. The molecule has 0 aliphatic carbocycles. The van der Waals surface area contributed by atoms with E-state index in [2.05, 4.69) is 20.9 Å². The van der Waals surface area contributed by atoms with Gasteiger partial charge in [0.05, 0.1) is 28.0 Å². The van der Waals surface area contributed by atoms with Gasteiger partial charge in [-0.3, -0.25) is 0 Å². The summed E-state index contributed by atoms with van der Waals surface area (Å²) in [5.41, 5.74) is 7.81. The van der Waals surface area contributed by atoms with Crippen LogP contribution in [-0.2, 0) is 0 Å². The van der Waals surface area contributed by atoms with Gasteiger partial charge in [0.1, 0.15) is 5.75 Å². The van der Waals surface area contributed by atoms with E-state index < -0.39 is 0 Å². The molecule has 0 unspecified atom stereocenters. The number of benzene rings is 1. The quantitative estimate of drug-likeness (QED) is 0.923. The van der Waals surface area contributed by atoms with Gasteiger partial charge in [0.2, 0.25) is 5.88 Å². The van der Waals surface area contributed by atoms with Gasteiger partial charge in [-0.2, -0.15) is 5.26 Å². The third kappa shape index (κ3) is 2.44. The molecule has 1 heterocycles. The van der Waals surface area contributed by atoms with Crippen LogP contribution in [0.2, 0.25) is 0 Å². The lowest BCUT2D eigenvalue weighted by atomic mass is 10.2. The molecule has 0 aliphatic rings. The molecule has 0 radical (unpaired) electrons. The van der Waals surface area contributed by atoms with Crippen LogP contribution < -0.4 is 10.5 Å².